The Hall–Kier alpha value is -1.31. The lowest BCUT2D eigenvalue weighted by Gasteiger charge is -2.25. The van der Waals surface area contributed by atoms with Gasteiger partial charge in [-0.25, -0.2) is 0 Å². The van der Waals surface area contributed by atoms with Crippen LogP contribution in [-0.2, 0) is 0 Å². The minimum atomic E-state index is 0.253. The van der Waals surface area contributed by atoms with Crippen molar-refractivity contribution in [2.45, 2.75) is 39.5 Å². The molecule has 18 heavy (non-hydrogen) atoms. The zero-order valence-electron chi connectivity index (χ0n) is 11.5. The Morgan fingerprint density at radius 1 is 1.28 bits per heavy atom. The Bertz CT molecular complexity index is 413. The summed E-state index contributed by atoms with van der Waals surface area (Å²) in [6, 6.07) is 8.07. The third kappa shape index (κ3) is 2.92. The molecule has 0 saturated carbocycles. The first-order valence-corrected chi connectivity index (χ1v) is 7.09. The van der Waals surface area contributed by atoms with E-state index in [2.05, 4.69) is 17.9 Å². The van der Waals surface area contributed by atoms with Crippen LogP contribution < -0.4 is 4.90 Å². The number of ketones is 1. The maximum absolute atomic E-state index is 12.0. The molecule has 0 aliphatic carbocycles. The molecule has 0 radical (unpaired) electrons. The summed E-state index contributed by atoms with van der Waals surface area (Å²) in [6.07, 6.45) is 4.35. The second kappa shape index (κ2) is 6.03. The fraction of sp³-hybridized carbons (Fsp3) is 0.562. The van der Waals surface area contributed by atoms with Crippen molar-refractivity contribution in [3.63, 3.8) is 0 Å². The van der Waals surface area contributed by atoms with E-state index in [1.807, 2.05) is 25.1 Å². The first-order valence-electron chi connectivity index (χ1n) is 7.09. The standard InChI is InChI=1S/C16H23NO/c1-3-16(18)14-8-4-5-9-15(14)17-11-6-7-13(2)10-12-17/h4-5,8-9,13H,3,6-7,10-12H2,1-2H3. The first kappa shape index (κ1) is 13.1. The number of carbonyl (C=O) groups excluding carboxylic acids is 1. The fourth-order valence-electron chi connectivity index (χ4n) is 2.68. The highest BCUT2D eigenvalue weighted by Gasteiger charge is 2.18. The number of hydrogen-bond acceptors (Lipinski definition) is 2. The van der Waals surface area contributed by atoms with Crippen LogP contribution in [-0.4, -0.2) is 18.9 Å². The van der Waals surface area contributed by atoms with Gasteiger partial charge in [-0.3, -0.25) is 4.79 Å². The van der Waals surface area contributed by atoms with Crippen LogP contribution in [0.3, 0.4) is 0 Å². The SMILES string of the molecule is CCC(=O)c1ccccc1N1CCCC(C)CC1. The Morgan fingerprint density at radius 2 is 2.06 bits per heavy atom. The second-order valence-corrected chi connectivity index (χ2v) is 5.32. The highest BCUT2D eigenvalue weighted by molar-refractivity contribution is 6.01. The quantitative estimate of drug-likeness (QED) is 0.753. The Morgan fingerprint density at radius 3 is 2.83 bits per heavy atom. The molecule has 0 spiro atoms. The average Bonchev–Trinajstić information content (AvgIpc) is 2.62. The number of para-hydroxylation sites is 1. The summed E-state index contributed by atoms with van der Waals surface area (Å²) in [5.74, 6) is 1.06. The van der Waals surface area contributed by atoms with Gasteiger partial charge in [0.25, 0.3) is 0 Å². The highest BCUT2D eigenvalue weighted by Crippen LogP contribution is 2.26. The van der Waals surface area contributed by atoms with Crippen LogP contribution in [0.5, 0.6) is 0 Å². The smallest absolute Gasteiger partial charge is 0.164 e. The van der Waals surface area contributed by atoms with Crippen molar-refractivity contribution < 1.29 is 4.79 Å². The zero-order chi connectivity index (χ0) is 13.0. The van der Waals surface area contributed by atoms with Crippen molar-refractivity contribution in [3.05, 3.63) is 29.8 Å². The number of Topliss-reactive ketones (excluding diaryl/α,β-unsaturated/α-hetero) is 1. The maximum atomic E-state index is 12.0. The number of rotatable bonds is 3. The van der Waals surface area contributed by atoms with E-state index in [9.17, 15) is 4.79 Å². The van der Waals surface area contributed by atoms with E-state index in [1.54, 1.807) is 0 Å². The van der Waals surface area contributed by atoms with Crippen LogP contribution in [0.2, 0.25) is 0 Å². The molecule has 2 rings (SSSR count). The largest absolute Gasteiger partial charge is 0.371 e. The van der Waals surface area contributed by atoms with E-state index in [4.69, 9.17) is 0 Å². The van der Waals surface area contributed by atoms with Gasteiger partial charge in [0, 0.05) is 30.8 Å². The van der Waals surface area contributed by atoms with Crippen molar-refractivity contribution in [2.75, 3.05) is 18.0 Å². The lowest BCUT2D eigenvalue weighted by atomic mass is 10.0. The van der Waals surface area contributed by atoms with E-state index in [-0.39, 0.29) is 5.78 Å². The van der Waals surface area contributed by atoms with Crippen LogP contribution in [0.4, 0.5) is 5.69 Å². The molecule has 1 aromatic rings. The molecule has 1 atom stereocenters. The van der Waals surface area contributed by atoms with Crippen LogP contribution >= 0.6 is 0 Å². The Labute approximate surface area is 110 Å². The number of carbonyl (C=O) groups is 1. The molecule has 0 aromatic heterocycles. The normalized spacial score (nSPS) is 20.6. The molecule has 98 valence electrons. The molecule has 1 aliphatic heterocycles. The topological polar surface area (TPSA) is 20.3 Å². The van der Waals surface area contributed by atoms with Crippen molar-refractivity contribution in [3.8, 4) is 0 Å². The lowest BCUT2D eigenvalue weighted by molar-refractivity contribution is 0.0988. The van der Waals surface area contributed by atoms with E-state index in [0.29, 0.717) is 6.42 Å². The third-order valence-electron chi connectivity index (χ3n) is 3.88. The predicted molar refractivity (Wildman–Crippen MR) is 76.3 cm³/mol. The molecular formula is C16H23NO. The van der Waals surface area contributed by atoms with Gasteiger partial charge in [-0.15, -0.1) is 0 Å². The third-order valence-corrected chi connectivity index (χ3v) is 3.88. The van der Waals surface area contributed by atoms with Crippen LogP contribution in [0.25, 0.3) is 0 Å². The molecule has 1 saturated heterocycles. The van der Waals surface area contributed by atoms with Crippen LogP contribution in [0.1, 0.15) is 49.9 Å². The van der Waals surface area contributed by atoms with Crippen molar-refractivity contribution in [1.29, 1.82) is 0 Å². The monoisotopic (exact) mass is 245 g/mol. The van der Waals surface area contributed by atoms with E-state index in [0.717, 1.165) is 30.3 Å². The molecule has 1 heterocycles. The maximum Gasteiger partial charge on any atom is 0.164 e. The van der Waals surface area contributed by atoms with Gasteiger partial charge in [0.15, 0.2) is 5.78 Å². The van der Waals surface area contributed by atoms with E-state index < -0.39 is 0 Å². The average molecular weight is 245 g/mol. The first-order chi connectivity index (χ1) is 8.72. The van der Waals surface area contributed by atoms with E-state index >= 15 is 0 Å². The highest BCUT2D eigenvalue weighted by atomic mass is 16.1. The van der Waals surface area contributed by atoms with Gasteiger partial charge >= 0.3 is 0 Å². The summed E-state index contributed by atoms with van der Waals surface area (Å²) >= 11 is 0. The number of hydrogen-bond donors (Lipinski definition) is 0. The number of benzene rings is 1. The minimum absolute atomic E-state index is 0.253. The van der Waals surface area contributed by atoms with Gasteiger partial charge in [-0.05, 0) is 37.3 Å². The van der Waals surface area contributed by atoms with Gasteiger partial charge in [0.2, 0.25) is 0 Å². The van der Waals surface area contributed by atoms with Gasteiger partial charge < -0.3 is 4.90 Å². The summed E-state index contributed by atoms with van der Waals surface area (Å²) in [4.78, 5) is 14.4. The van der Waals surface area contributed by atoms with Crippen molar-refractivity contribution in [2.24, 2.45) is 5.92 Å². The minimum Gasteiger partial charge on any atom is -0.371 e. The van der Waals surface area contributed by atoms with Gasteiger partial charge in [-0.2, -0.15) is 0 Å². The van der Waals surface area contributed by atoms with E-state index in [1.165, 1.54) is 19.3 Å². The zero-order valence-corrected chi connectivity index (χ0v) is 11.5. The Balaban J connectivity index is 2.24. The molecule has 1 aliphatic rings. The van der Waals surface area contributed by atoms with Gasteiger partial charge in [0.05, 0.1) is 0 Å². The number of anilines is 1. The van der Waals surface area contributed by atoms with Crippen molar-refractivity contribution >= 4 is 11.5 Å². The van der Waals surface area contributed by atoms with Crippen LogP contribution in [0.15, 0.2) is 24.3 Å². The van der Waals surface area contributed by atoms with Crippen LogP contribution in [0, 0.1) is 5.92 Å². The van der Waals surface area contributed by atoms with Gasteiger partial charge in [0.1, 0.15) is 0 Å². The molecule has 1 fully saturated rings. The summed E-state index contributed by atoms with van der Waals surface area (Å²) in [6.45, 7) is 6.42. The molecule has 0 bridgehead atoms. The second-order valence-electron chi connectivity index (χ2n) is 5.32. The predicted octanol–water partition coefficient (Wildman–Crippen LogP) is 3.91. The molecule has 0 N–H and O–H groups in total. The summed E-state index contributed by atoms with van der Waals surface area (Å²) < 4.78 is 0. The molecule has 0 amide bonds. The molecule has 1 unspecified atom stereocenters. The molecular weight excluding hydrogens is 222 g/mol. The summed E-state index contributed by atoms with van der Waals surface area (Å²) in [7, 11) is 0. The van der Waals surface area contributed by atoms with Gasteiger partial charge in [-0.1, -0.05) is 26.0 Å². The number of nitrogens with zero attached hydrogens (tertiary/aromatic N) is 1. The molecule has 2 heteroatoms. The summed E-state index contributed by atoms with van der Waals surface area (Å²) in [5, 5.41) is 0. The lowest BCUT2D eigenvalue weighted by Crippen LogP contribution is -2.26. The Kier molecular flexibility index (Phi) is 4.40. The molecule has 2 nitrogen and oxygen atoms in total. The fourth-order valence-corrected chi connectivity index (χ4v) is 2.68. The summed E-state index contributed by atoms with van der Waals surface area (Å²) in [5.41, 5.74) is 2.04. The van der Waals surface area contributed by atoms with Crippen molar-refractivity contribution in [1.82, 2.24) is 0 Å². The molecule has 1 aromatic carbocycles.